The van der Waals surface area contributed by atoms with Gasteiger partial charge in [-0.25, -0.2) is 15.2 Å². The van der Waals surface area contributed by atoms with E-state index in [0.29, 0.717) is 32.5 Å². The minimum Gasteiger partial charge on any atom is -0.504 e. The number of halogens is 1. The number of benzene rings is 1. The molecular formula is C17H21ClN6O5. The normalized spacial score (nSPS) is 17.8. The third-order valence-corrected chi connectivity index (χ3v) is 5.03. The van der Waals surface area contributed by atoms with Crippen LogP contribution in [-0.4, -0.2) is 65.0 Å². The summed E-state index contributed by atoms with van der Waals surface area (Å²) in [5.41, 5.74) is 4.40. The molecule has 156 valence electrons. The number of hydrogen-bond acceptors (Lipinski definition) is 7. The van der Waals surface area contributed by atoms with Gasteiger partial charge in [-0.2, -0.15) is 5.10 Å². The van der Waals surface area contributed by atoms with Gasteiger partial charge in [0.25, 0.3) is 5.91 Å². The first-order chi connectivity index (χ1) is 13.9. The summed E-state index contributed by atoms with van der Waals surface area (Å²) in [6, 6.07) is 1.92. The Morgan fingerprint density at radius 3 is 2.59 bits per heavy atom. The molecule has 0 spiro atoms. The highest BCUT2D eigenvalue weighted by Crippen LogP contribution is 2.35. The molecule has 2 fully saturated rings. The number of carbonyl (C=O) groups excluding carboxylic acids is 3. The molecule has 0 aromatic heterocycles. The molecule has 1 aromatic rings. The van der Waals surface area contributed by atoms with E-state index in [1.165, 1.54) is 6.07 Å². The van der Waals surface area contributed by atoms with Crippen LogP contribution in [0.25, 0.3) is 0 Å². The van der Waals surface area contributed by atoms with Crippen molar-refractivity contribution >= 4 is 35.2 Å². The fourth-order valence-electron chi connectivity index (χ4n) is 3.01. The Morgan fingerprint density at radius 2 is 1.93 bits per heavy atom. The number of amides is 4. The molecule has 11 nitrogen and oxygen atoms in total. The Balaban J connectivity index is 1.86. The molecule has 2 saturated heterocycles. The van der Waals surface area contributed by atoms with Crippen LogP contribution in [0.1, 0.15) is 18.4 Å². The smallest absolute Gasteiger partial charge is 0.336 e. The maximum absolute atomic E-state index is 12.8. The molecule has 3 rings (SSSR count). The van der Waals surface area contributed by atoms with Gasteiger partial charge in [-0.1, -0.05) is 11.6 Å². The Morgan fingerprint density at radius 1 is 1.21 bits per heavy atom. The molecule has 2 aliphatic rings. The Labute approximate surface area is 171 Å². The van der Waals surface area contributed by atoms with E-state index in [0.717, 1.165) is 11.1 Å². The lowest BCUT2D eigenvalue weighted by molar-refractivity contribution is -0.125. The third kappa shape index (κ3) is 4.69. The molecule has 2 heterocycles. The van der Waals surface area contributed by atoms with Crippen LogP contribution in [-0.2, 0) is 9.59 Å². The highest BCUT2D eigenvalue weighted by molar-refractivity contribution is 6.49. The summed E-state index contributed by atoms with van der Waals surface area (Å²) >= 11 is 6.06. The molecular weight excluding hydrogens is 404 g/mol. The van der Waals surface area contributed by atoms with E-state index in [2.05, 4.69) is 26.6 Å². The molecule has 12 heteroatoms. The summed E-state index contributed by atoms with van der Waals surface area (Å²) < 4.78 is 0. The van der Waals surface area contributed by atoms with E-state index >= 15 is 0 Å². The van der Waals surface area contributed by atoms with Crippen molar-refractivity contribution in [1.29, 1.82) is 0 Å². The van der Waals surface area contributed by atoms with Crippen LogP contribution in [0.2, 0.25) is 5.02 Å². The summed E-state index contributed by atoms with van der Waals surface area (Å²) in [4.78, 5) is 36.8. The minimum absolute atomic E-state index is 0.0234. The molecule has 0 aliphatic carbocycles. The molecule has 29 heavy (non-hydrogen) atoms. The number of carbonyl (C=O) groups is 3. The molecule has 0 bridgehead atoms. The van der Waals surface area contributed by atoms with Gasteiger partial charge in [0.15, 0.2) is 17.2 Å². The second-order valence-electron chi connectivity index (χ2n) is 6.58. The van der Waals surface area contributed by atoms with Gasteiger partial charge in [0.1, 0.15) is 0 Å². The first-order valence-electron chi connectivity index (χ1n) is 9.04. The number of hydrogen-bond donors (Lipinski definition) is 6. The van der Waals surface area contributed by atoms with Crippen LogP contribution >= 0.6 is 11.6 Å². The highest BCUT2D eigenvalue weighted by Gasteiger charge is 2.27. The van der Waals surface area contributed by atoms with Gasteiger partial charge in [0.2, 0.25) is 5.91 Å². The monoisotopic (exact) mass is 424 g/mol. The van der Waals surface area contributed by atoms with Crippen LogP contribution in [0.3, 0.4) is 0 Å². The molecule has 0 saturated carbocycles. The van der Waals surface area contributed by atoms with Crippen molar-refractivity contribution in [2.45, 2.75) is 12.8 Å². The number of piperidine rings is 1. The van der Waals surface area contributed by atoms with E-state index in [1.54, 1.807) is 0 Å². The lowest BCUT2D eigenvalue weighted by Crippen LogP contribution is -2.47. The summed E-state index contributed by atoms with van der Waals surface area (Å²) in [5, 5.41) is 29.8. The van der Waals surface area contributed by atoms with Crippen LogP contribution in [0.4, 0.5) is 4.79 Å². The standard InChI is InChI=1S/C17H21ClN6O5/c18-12-10(1-2-11(25)14(12)26)13(16(28)23-24-8-7-20-17(24)29)21-22-15(27)9-3-5-19-6-4-9/h1-2,9,19,25-26H,3-8H2,(H,20,29)(H,22,27)(H,23,28)/b21-13-. The summed E-state index contributed by atoms with van der Waals surface area (Å²) in [6.07, 6.45) is 1.27. The van der Waals surface area contributed by atoms with Crippen molar-refractivity contribution in [3.63, 3.8) is 0 Å². The predicted octanol–water partition coefficient (Wildman–Crippen LogP) is -0.372. The van der Waals surface area contributed by atoms with E-state index in [1.807, 2.05) is 0 Å². The summed E-state index contributed by atoms with van der Waals surface area (Å²) in [5.74, 6) is -2.53. The maximum atomic E-state index is 12.8. The van der Waals surface area contributed by atoms with Crippen molar-refractivity contribution in [1.82, 2.24) is 26.5 Å². The van der Waals surface area contributed by atoms with E-state index in [4.69, 9.17) is 11.6 Å². The van der Waals surface area contributed by atoms with Gasteiger partial charge < -0.3 is 20.8 Å². The summed E-state index contributed by atoms with van der Waals surface area (Å²) in [7, 11) is 0. The van der Waals surface area contributed by atoms with Crippen LogP contribution in [0, 0.1) is 5.92 Å². The molecule has 6 N–H and O–H groups in total. The number of phenols is 2. The van der Waals surface area contributed by atoms with Gasteiger partial charge in [0.05, 0.1) is 11.6 Å². The molecule has 2 aliphatic heterocycles. The first-order valence-corrected chi connectivity index (χ1v) is 9.41. The number of hydrazone groups is 1. The quantitative estimate of drug-likeness (QED) is 0.215. The Hall–Kier alpha value is -3.05. The molecule has 0 unspecified atom stereocenters. The average Bonchev–Trinajstić information content (AvgIpc) is 3.12. The highest BCUT2D eigenvalue weighted by atomic mass is 35.5. The van der Waals surface area contributed by atoms with Crippen molar-refractivity contribution in [2.24, 2.45) is 11.0 Å². The van der Waals surface area contributed by atoms with Crippen molar-refractivity contribution < 1.29 is 24.6 Å². The van der Waals surface area contributed by atoms with Gasteiger partial charge >= 0.3 is 6.03 Å². The zero-order valence-electron chi connectivity index (χ0n) is 15.4. The Kier molecular flexibility index (Phi) is 6.39. The van der Waals surface area contributed by atoms with Crippen LogP contribution in [0.5, 0.6) is 11.5 Å². The SMILES string of the molecule is O=C(NN1CCNC1=O)/C(=N\NC(=O)C1CCNCC1)c1ccc(O)c(O)c1Cl. The number of aromatic hydroxyl groups is 2. The van der Waals surface area contributed by atoms with Crippen LogP contribution in [0.15, 0.2) is 17.2 Å². The van der Waals surface area contributed by atoms with E-state index in [9.17, 15) is 24.6 Å². The number of hydrazine groups is 1. The second-order valence-corrected chi connectivity index (χ2v) is 6.96. The van der Waals surface area contributed by atoms with Crippen LogP contribution < -0.4 is 21.5 Å². The first kappa shape index (κ1) is 20.7. The zero-order chi connectivity index (χ0) is 21.0. The predicted molar refractivity (Wildman–Crippen MR) is 103 cm³/mol. The van der Waals surface area contributed by atoms with Crippen molar-refractivity contribution in [3.8, 4) is 11.5 Å². The largest absolute Gasteiger partial charge is 0.504 e. The number of urea groups is 1. The second kappa shape index (κ2) is 8.97. The zero-order valence-corrected chi connectivity index (χ0v) is 16.1. The third-order valence-electron chi connectivity index (χ3n) is 4.65. The average molecular weight is 425 g/mol. The topological polar surface area (TPSA) is 155 Å². The van der Waals surface area contributed by atoms with Crippen molar-refractivity contribution in [3.05, 3.63) is 22.7 Å². The molecule has 0 radical (unpaired) electrons. The number of phenolic OH excluding ortho intramolecular Hbond substituents is 2. The molecule has 4 amide bonds. The number of rotatable bonds is 5. The molecule has 0 atom stereocenters. The number of nitrogens with zero attached hydrogens (tertiary/aromatic N) is 2. The van der Waals surface area contributed by atoms with Gasteiger partial charge in [0, 0.05) is 18.0 Å². The molecule has 1 aromatic carbocycles. The Bertz CT molecular complexity index is 855. The van der Waals surface area contributed by atoms with E-state index < -0.39 is 23.4 Å². The fourth-order valence-corrected chi connectivity index (χ4v) is 3.26. The fraction of sp³-hybridized carbons (Fsp3) is 0.412. The summed E-state index contributed by atoms with van der Waals surface area (Å²) in [6.45, 7) is 2.01. The maximum Gasteiger partial charge on any atom is 0.336 e. The number of nitrogens with one attached hydrogen (secondary N) is 4. The van der Waals surface area contributed by atoms with Gasteiger partial charge in [-0.3, -0.25) is 15.0 Å². The minimum atomic E-state index is -0.820. The van der Waals surface area contributed by atoms with Crippen molar-refractivity contribution in [2.75, 3.05) is 26.2 Å². The van der Waals surface area contributed by atoms with Gasteiger partial charge in [-0.05, 0) is 38.1 Å². The lowest BCUT2D eigenvalue weighted by Gasteiger charge is -2.21. The van der Waals surface area contributed by atoms with Gasteiger partial charge in [-0.15, -0.1) is 0 Å². The lowest BCUT2D eigenvalue weighted by atomic mass is 9.98. The van der Waals surface area contributed by atoms with E-state index in [-0.39, 0.29) is 34.7 Å².